The third-order valence-electron chi connectivity index (χ3n) is 1.61. The van der Waals surface area contributed by atoms with Gasteiger partial charge in [0.05, 0.1) is 5.60 Å². The fraction of sp³-hybridized carbons (Fsp3) is 0.833. The second-order valence-electron chi connectivity index (χ2n) is 2.64. The molecule has 1 rings (SSSR count). The summed E-state index contributed by atoms with van der Waals surface area (Å²) in [6, 6.07) is 0. The van der Waals surface area contributed by atoms with Crippen molar-refractivity contribution in [3.8, 4) is 0 Å². The fourth-order valence-electron chi connectivity index (χ4n) is 1.03. The summed E-state index contributed by atoms with van der Waals surface area (Å²) >= 11 is 0. The number of likely N-dealkylation sites (tertiary alicyclic amines) is 1. The number of nitrogens with zero attached hydrogens (tertiary/aromatic N) is 1. The highest BCUT2D eigenvalue weighted by Crippen LogP contribution is 2.21. The van der Waals surface area contributed by atoms with E-state index in [1.807, 2.05) is 4.90 Å². The molecule has 0 N–H and O–H groups in total. The molecule has 1 aliphatic rings. The van der Waals surface area contributed by atoms with Crippen LogP contribution in [0, 0.1) is 7.05 Å². The molecule has 0 saturated carbocycles. The van der Waals surface area contributed by atoms with E-state index in [9.17, 15) is 0 Å². The van der Waals surface area contributed by atoms with Crippen molar-refractivity contribution < 1.29 is 4.74 Å². The minimum absolute atomic E-state index is 0.0990. The van der Waals surface area contributed by atoms with E-state index in [1.54, 1.807) is 7.11 Å². The maximum atomic E-state index is 5.16. The fourth-order valence-corrected chi connectivity index (χ4v) is 1.03. The molecule has 1 saturated heterocycles. The van der Waals surface area contributed by atoms with Gasteiger partial charge in [-0.15, -0.1) is 0 Å². The summed E-state index contributed by atoms with van der Waals surface area (Å²) in [5, 5.41) is 0. The van der Waals surface area contributed by atoms with Crippen molar-refractivity contribution >= 4 is 0 Å². The number of hydrogen-bond donors (Lipinski definition) is 0. The summed E-state index contributed by atoms with van der Waals surface area (Å²) in [6.07, 6.45) is 0. The van der Waals surface area contributed by atoms with E-state index in [4.69, 9.17) is 4.74 Å². The van der Waals surface area contributed by atoms with Gasteiger partial charge in [0, 0.05) is 20.2 Å². The highest BCUT2D eigenvalue weighted by atomic mass is 16.5. The lowest BCUT2D eigenvalue weighted by molar-refractivity contribution is -0.0929. The number of rotatable bonds is 1. The predicted octanol–water partition coefficient (Wildman–Crippen LogP) is 0.499. The average molecular weight is 114 g/mol. The summed E-state index contributed by atoms with van der Waals surface area (Å²) in [5.41, 5.74) is 0.0990. The second kappa shape index (κ2) is 1.71. The van der Waals surface area contributed by atoms with Crippen LogP contribution in [-0.4, -0.2) is 30.7 Å². The Labute approximate surface area is 50.4 Å². The van der Waals surface area contributed by atoms with Crippen LogP contribution in [0.4, 0.5) is 0 Å². The lowest BCUT2D eigenvalue weighted by Gasteiger charge is -2.50. The predicted molar refractivity (Wildman–Crippen MR) is 32.3 cm³/mol. The van der Waals surface area contributed by atoms with Gasteiger partial charge in [-0.05, 0) is 6.92 Å². The van der Waals surface area contributed by atoms with Crippen molar-refractivity contribution in [2.45, 2.75) is 12.5 Å². The summed E-state index contributed by atoms with van der Waals surface area (Å²) in [7, 11) is 5.48. The normalized spacial score (nSPS) is 27.4. The van der Waals surface area contributed by atoms with Crippen molar-refractivity contribution in [3.05, 3.63) is 7.05 Å². The smallest absolute Gasteiger partial charge is 0.0855 e. The monoisotopic (exact) mass is 114 g/mol. The van der Waals surface area contributed by atoms with Gasteiger partial charge in [-0.2, -0.15) is 0 Å². The molecule has 0 aliphatic carbocycles. The molecule has 0 aromatic rings. The Kier molecular flexibility index (Phi) is 1.29. The third-order valence-corrected chi connectivity index (χ3v) is 1.61. The summed E-state index contributed by atoms with van der Waals surface area (Å²) < 4.78 is 5.16. The maximum Gasteiger partial charge on any atom is 0.0855 e. The van der Waals surface area contributed by atoms with Crippen molar-refractivity contribution in [1.82, 2.24) is 4.90 Å². The van der Waals surface area contributed by atoms with Gasteiger partial charge in [0.25, 0.3) is 0 Å². The zero-order valence-corrected chi connectivity index (χ0v) is 5.48. The first-order valence-corrected chi connectivity index (χ1v) is 2.77. The molecule has 0 radical (unpaired) electrons. The van der Waals surface area contributed by atoms with Gasteiger partial charge in [-0.25, -0.2) is 0 Å². The largest absolute Gasteiger partial charge is 0.454 e. The van der Waals surface area contributed by atoms with Gasteiger partial charge in [0.2, 0.25) is 0 Å². The van der Waals surface area contributed by atoms with Crippen LogP contribution in [0.25, 0.3) is 0 Å². The minimum atomic E-state index is 0.0990. The Balaban J connectivity index is 2.30. The van der Waals surface area contributed by atoms with Gasteiger partial charge in [0.1, 0.15) is 0 Å². The van der Waals surface area contributed by atoms with E-state index >= 15 is 0 Å². The molecule has 0 bridgehead atoms. The van der Waals surface area contributed by atoms with Crippen LogP contribution in [0.5, 0.6) is 0 Å². The van der Waals surface area contributed by atoms with Gasteiger partial charge in [-0.1, -0.05) is 0 Å². The molecule has 0 aromatic carbocycles. The number of hydrogen-bond acceptors (Lipinski definition) is 2. The van der Waals surface area contributed by atoms with E-state index < -0.39 is 0 Å². The molecular formula is C6H12NO-. The molecule has 0 spiro atoms. The molecule has 0 unspecified atom stereocenters. The van der Waals surface area contributed by atoms with E-state index in [0.717, 1.165) is 13.1 Å². The van der Waals surface area contributed by atoms with Crippen molar-refractivity contribution in [3.63, 3.8) is 0 Å². The van der Waals surface area contributed by atoms with Crippen molar-refractivity contribution in [2.24, 2.45) is 0 Å². The molecule has 1 heterocycles. The van der Waals surface area contributed by atoms with Gasteiger partial charge in [0.15, 0.2) is 0 Å². The molecule has 1 aliphatic heterocycles. The number of ether oxygens (including phenoxy) is 1. The Hall–Kier alpha value is -0.0800. The van der Waals surface area contributed by atoms with Crippen LogP contribution < -0.4 is 0 Å². The topological polar surface area (TPSA) is 12.5 Å². The minimum Gasteiger partial charge on any atom is -0.454 e. The molecule has 2 heteroatoms. The third kappa shape index (κ3) is 0.858. The molecule has 8 heavy (non-hydrogen) atoms. The first-order chi connectivity index (χ1) is 3.66. The zero-order chi connectivity index (χ0) is 6.20. The van der Waals surface area contributed by atoms with Crippen LogP contribution in [0.2, 0.25) is 0 Å². The van der Waals surface area contributed by atoms with E-state index in [-0.39, 0.29) is 5.60 Å². The molecule has 2 nitrogen and oxygen atoms in total. The SMILES string of the molecule is [CH2-]N1CC(C)(OC)C1. The lowest BCUT2D eigenvalue weighted by Crippen LogP contribution is -2.58. The van der Waals surface area contributed by atoms with E-state index in [1.165, 1.54) is 0 Å². The van der Waals surface area contributed by atoms with Crippen LogP contribution in [0.3, 0.4) is 0 Å². The summed E-state index contributed by atoms with van der Waals surface area (Å²) in [5.74, 6) is 0. The highest BCUT2D eigenvalue weighted by Gasteiger charge is 2.32. The van der Waals surface area contributed by atoms with Crippen LogP contribution in [0.1, 0.15) is 6.92 Å². The first kappa shape index (κ1) is 6.05. The van der Waals surface area contributed by atoms with E-state index in [0.29, 0.717) is 0 Å². The standard InChI is InChI=1S/C6H12NO/c1-6(8-3)4-7(2)5-6/h2,4-5H2,1,3H3/q-1. The number of methoxy groups -OCH3 is 1. The van der Waals surface area contributed by atoms with E-state index in [2.05, 4.69) is 14.0 Å². The average Bonchev–Trinajstić information content (AvgIpc) is 1.63. The molecule has 0 atom stereocenters. The van der Waals surface area contributed by atoms with Crippen LogP contribution >= 0.6 is 0 Å². The summed E-state index contributed by atoms with van der Waals surface area (Å²) in [4.78, 5) is 1.99. The quantitative estimate of drug-likeness (QED) is 0.460. The molecule has 0 amide bonds. The van der Waals surface area contributed by atoms with Crippen LogP contribution in [-0.2, 0) is 4.74 Å². The van der Waals surface area contributed by atoms with Crippen LogP contribution in [0.15, 0.2) is 0 Å². The van der Waals surface area contributed by atoms with Gasteiger partial charge < -0.3 is 9.64 Å². The molecule has 48 valence electrons. The molecule has 0 aromatic heterocycles. The Bertz CT molecular complexity index is 86.5. The van der Waals surface area contributed by atoms with Crippen molar-refractivity contribution in [2.75, 3.05) is 20.2 Å². The molecule has 1 fully saturated rings. The second-order valence-corrected chi connectivity index (χ2v) is 2.64. The Morgan fingerprint density at radius 2 is 2.12 bits per heavy atom. The maximum absolute atomic E-state index is 5.16. The Morgan fingerprint density at radius 1 is 1.62 bits per heavy atom. The van der Waals surface area contributed by atoms with Gasteiger partial charge in [-0.3, -0.25) is 7.05 Å². The molecular weight excluding hydrogens is 102 g/mol. The highest BCUT2D eigenvalue weighted by molar-refractivity contribution is 4.92. The van der Waals surface area contributed by atoms with Crippen molar-refractivity contribution in [1.29, 1.82) is 0 Å². The summed E-state index contributed by atoms with van der Waals surface area (Å²) in [6.45, 7) is 4.02. The lowest BCUT2D eigenvalue weighted by atomic mass is 9.98. The zero-order valence-electron chi connectivity index (χ0n) is 5.48. The van der Waals surface area contributed by atoms with Gasteiger partial charge >= 0.3 is 0 Å². The first-order valence-electron chi connectivity index (χ1n) is 2.77. The Morgan fingerprint density at radius 3 is 2.25 bits per heavy atom.